The Kier molecular flexibility index (Phi) is 5.90. The molecule has 128 valence electrons. The van der Waals surface area contributed by atoms with Crippen LogP contribution < -0.4 is 10.6 Å². The van der Waals surface area contributed by atoms with E-state index in [2.05, 4.69) is 10.6 Å². The second-order valence-corrected chi connectivity index (χ2v) is 4.94. The van der Waals surface area contributed by atoms with Crippen LogP contribution >= 0.6 is 0 Å². The van der Waals surface area contributed by atoms with Gasteiger partial charge in [-0.1, -0.05) is 12.1 Å². The molecule has 2 aromatic rings. The lowest BCUT2D eigenvalue weighted by atomic mass is 10.2. The van der Waals surface area contributed by atoms with E-state index in [9.17, 15) is 14.4 Å². The molecule has 2 N–H and O–H groups in total. The highest BCUT2D eigenvalue weighted by Crippen LogP contribution is 2.14. The molecule has 0 saturated carbocycles. The summed E-state index contributed by atoms with van der Waals surface area (Å²) in [4.78, 5) is 35.4. The average Bonchev–Trinajstić information content (AvgIpc) is 3.14. The van der Waals surface area contributed by atoms with Crippen molar-refractivity contribution in [2.45, 2.75) is 13.0 Å². The van der Waals surface area contributed by atoms with E-state index in [0.29, 0.717) is 11.3 Å². The molecule has 0 saturated heterocycles. The van der Waals surface area contributed by atoms with E-state index in [1.807, 2.05) is 6.07 Å². The first-order valence-corrected chi connectivity index (χ1v) is 7.32. The van der Waals surface area contributed by atoms with Gasteiger partial charge in [0.1, 0.15) is 12.6 Å². The number of nitrogens with one attached hydrogen (secondary N) is 2. The molecular weight excluding hydrogens is 326 g/mol. The number of nitriles is 1. The van der Waals surface area contributed by atoms with Crippen molar-refractivity contribution < 1.29 is 23.5 Å². The molecule has 1 aromatic heterocycles. The third-order valence-electron chi connectivity index (χ3n) is 3.12. The van der Waals surface area contributed by atoms with E-state index in [0.717, 1.165) is 0 Å². The Balaban J connectivity index is 1.83. The van der Waals surface area contributed by atoms with E-state index in [-0.39, 0.29) is 5.76 Å². The summed E-state index contributed by atoms with van der Waals surface area (Å²) in [5, 5.41) is 13.8. The van der Waals surface area contributed by atoms with Gasteiger partial charge in [0.2, 0.25) is 0 Å². The third-order valence-corrected chi connectivity index (χ3v) is 3.12. The smallest absolute Gasteiger partial charge is 0.326 e. The number of furan rings is 1. The van der Waals surface area contributed by atoms with Crippen molar-refractivity contribution >= 4 is 23.5 Å². The molecule has 2 amide bonds. The van der Waals surface area contributed by atoms with Gasteiger partial charge in [0, 0.05) is 0 Å². The number of hydrogen-bond donors (Lipinski definition) is 2. The van der Waals surface area contributed by atoms with E-state index in [1.54, 1.807) is 30.3 Å². The van der Waals surface area contributed by atoms with Crippen molar-refractivity contribution in [3.8, 4) is 6.07 Å². The lowest BCUT2D eigenvalue weighted by Gasteiger charge is -2.14. The maximum Gasteiger partial charge on any atom is 0.326 e. The number of amides is 2. The summed E-state index contributed by atoms with van der Waals surface area (Å²) in [5.74, 6) is -1.88. The number of carbonyl (C=O) groups is 3. The zero-order valence-electron chi connectivity index (χ0n) is 13.3. The quantitative estimate of drug-likeness (QED) is 0.767. The molecule has 25 heavy (non-hydrogen) atoms. The number of hydrogen-bond acceptors (Lipinski definition) is 6. The number of rotatable bonds is 6. The SMILES string of the molecule is C[C@@H](OC(=O)CNC(=O)c1ccco1)C(=O)Nc1ccccc1C#N. The fourth-order valence-corrected chi connectivity index (χ4v) is 1.86. The number of benzene rings is 1. The van der Waals surface area contributed by atoms with Crippen molar-refractivity contribution in [1.82, 2.24) is 5.32 Å². The first kappa shape index (κ1) is 17.7. The number of nitrogens with zero attached hydrogens (tertiary/aromatic N) is 1. The predicted molar refractivity (Wildman–Crippen MR) is 86.4 cm³/mol. The number of para-hydroxylation sites is 1. The number of ether oxygens (including phenoxy) is 1. The minimum atomic E-state index is -1.10. The molecule has 8 nitrogen and oxygen atoms in total. The number of carbonyl (C=O) groups excluding carboxylic acids is 3. The fraction of sp³-hybridized carbons (Fsp3) is 0.176. The maximum atomic E-state index is 12.0. The highest BCUT2D eigenvalue weighted by molar-refractivity contribution is 5.97. The van der Waals surface area contributed by atoms with Crippen molar-refractivity contribution in [3.63, 3.8) is 0 Å². The molecular formula is C17H15N3O5. The summed E-state index contributed by atoms with van der Waals surface area (Å²) < 4.78 is 9.83. The molecule has 1 atom stereocenters. The fourth-order valence-electron chi connectivity index (χ4n) is 1.86. The first-order valence-electron chi connectivity index (χ1n) is 7.32. The van der Waals surface area contributed by atoms with Gasteiger partial charge in [-0.25, -0.2) is 0 Å². The molecule has 2 rings (SSSR count). The average molecular weight is 341 g/mol. The largest absolute Gasteiger partial charge is 0.459 e. The molecule has 0 aliphatic heterocycles. The van der Waals surface area contributed by atoms with Crippen LogP contribution in [0.2, 0.25) is 0 Å². The summed E-state index contributed by atoms with van der Waals surface area (Å²) >= 11 is 0. The van der Waals surface area contributed by atoms with Gasteiger partial charge in [-0.3, -0.25) is 14.4 Å². The molecule has 0 radical (unpaired) electrons. The van der Waals surface area contributed by atoms with Crippen LogP contribution in [0.4, 0.5) is 5.69 Å². The van der Waals surface area contributed by atoms with Gasteiger partial charge >= 0.3 is 5.97 Å². The van der Waals surface area contributed by atoms with Crippen LogP contribution in [0.5, 0.6) is 0 Å². The van der Waals surface area contributed by atoms with Gasteiger partial charge in [0.15, 0.2) is 11.9 Å². The molecule has 0 fully saturated rings. The third kappa shape index (κ3) is 4.94. The van der Waals surface area contributed by atoms with E-state index < -0.39 is 30.4 Å². The van der Waals surface area contributed by atoms with E-state index >= 15 is 0 Å². The van der Waals surface area contributed by atoms with Crippen molar-refractivity contribution in [1.29, 1.82) is 5.26 Å². The zero-order chi connectivity index (χ0) is 18.2. The Morgan fingerprint density at radius 3 is 2.68 bits per heavy atom. The van der Waals surface area contributed by atoms with Crippen LogP contribution in [-0.2, 0) is 14.3 Å². The Morgan fingerprint density at radius 1 is 1.24 bits per heavy atom. The normalized spacial score (nSPS) is 11.0. The Bertz CT molecular complexity index is 808. The molecule has 0 spiro atoms. The van der Waals surface area contributed by atoms with Crippen molar-refractivity contribution in [2.75, 3.05) is 11.9 Å². The summed E-state index contributed by atoms with van der Waals surface area (Å²) in [6, 6.07) is 11.4. The van der Waals surface area contributed by atoms with Crippen LogP contribution in [0.1, 0.15) is 23.0 Å². The number of anilines is 1. The Hall–Kier alpha value is -3.60. The maximum absolute atomic E-state index is 12.0. The summed E-state index contributed by atoms with van der Waals surface area (Å²) in [6.45, 7) is 0.975. The van der Waals surface area contributed by atoms with Crippen LogP contribution in [0.25, 0.3) is 0 Å². The topological polar surface area (TPSA) is 121 Å². The second kappa shape index (κ2) is 8.31. The van der Waals surface area contributed by atoms with Crippen LogP contribution in [0.3, 0.4) is 0 Å². The standard InChI is InChI=1S/C17H15N3O5/c1-11(16(22)20-13-6-3-2-5-12(13)9-18)25-15(21)10-19-17(23)14-7-4-8-24-14/h2-8,11H,10H2,1H3,(H,19,23)(H,20,22)/t11-/m1/s1. The zero-order valence-corrected chi connectivity index (χ0v) is 13.3. The van der Waals surface area contributed by atoms with Gasteiger partial charge in [-0.15, -0.1) is 0 Å². The molecule has 0 aliphatic carbocycles. The molecule has 0 bridgehead atoms. The van der Waals surface area contributed by atoms with Crippen molar-refractivity contribution in [2.24, 2.45) is 0 Å². The molecule has 8 heteroatoms. The van der Waals surface area contributed by atoms with Gasteiger partial charge in [0.25, 0.3) is 11.8 Å². The molecule has 1 heterocycles. The van der Waals surface area contributed by atoms with Crippen LogP contribution in [-0.4, -0.2) is 30.4 Å². The van der Waals surface area contributed by atoms with Crippen LogP contribution in [0.15, 0.2) is 47.1 Å². The Morgan fingerprint density at radius 2 is 2.00 bits per heavy atom. The molecule has 1 aromatic carbocycles. The van der Waals surface area contributed by atoms with Gasteiger partial charge < -0.3 is 19.8 Å². The van der Waals surface area contributed by atoms with E-state index in [4.69, 9.17) is 14.4 Å². The summed E-state index contributed by atoms with van der Waals surface area (Å²) in [5.41, 5.74) is 0.615. The molecule has 0 aliphatic rings. The predicted octanol–water partition coefficient (Wildman–Crippen LogP) is 1.45. The summed E-state index contributed by atoms with van der Waals surface area (Å²) in [7, 11) is 0. The van der Waals surface area contributed by atoms with Gasteiger partial charge in [-0.2, -0.15) is 5.26 Å². The monoisotopic (exact) mass is 341 g/mol. The molecule has 0 unspecified atom stereocenters. The Labute approximate surface area is 143 Å². The first-order chi connectivity index (χ1) is 12.0. The lowest BCUT2D eigenvalue weighted by molar-refractivity contribution is -0.152. The van der Waals surface area contributed by atoms with E-state index in [1.165, 1.54) is 19.3 Å². The minimum absolute atomic E-state index is 0.0618. The van der Waals surface area contributed by atoms with Gasteiger partial charge in [-0.05, 0) is 31.2 Å². The minimum Gasteiger partial charge on any atom is -0.459 e. The van der Waals surface area contributed by atoms with Crippen LogP contribution in [0, 0.1) is 11.3 Å². The van der Waals surface area contributed by atoms with Crippen molar-refractivity contribution in [3.05, 3.63) is 54.0 Å². The second-order valence-electron chi connectivity index (χ2n) is 4.94. The highest BCUT2D eigenvalue weighted by Gasteiger charge is 2.19. The number of esters is 1. The summed E-state index contributed by atoms with van der Waals surface area (Å²) in [6.07, 6.45) is 0.235. The highest BCUT2D eigenvalue weighted by atomic mass is 16.5. The lowest BCUT2D eigenvalue weighted by Crippen LogP contribution is -2.35. The van der Waals surface area contributed by atoms with Gasteiger partial charge in [0.05, 0.1) is 17.5 Å².